The van der Waals surface area contributed by atoms with Crippen LogP contribution >= 0.6 is 0 Å². The van der Waals surface area contributed by atoms with Gasteiger partial charge in [-0.1, -0.05) is 0 Å². The molecule has 1 aliphatic carbocycles. The predicted molar refractivity (Wildman–Crippen MR) is 122 cm³/mol. The molecule has 1 saturated carbocycles. The van der Waals surface area contributed by atoms with E-state index in [4.69, 9.17) is 4.98 Å². The van der Waals surface area contributed by atoms with Gasteiger partial charge in [-0.05, 0) is 64.2 Å². The van der Waals surface area contributed by atoms with Gasteiger partial charge in [-0.3, -0.25) is 4.79 Å². The van der Waals surface area contributed by atoms with Crippen molar-refractivity contribution >= 4 is 34.2 Å². The molecule has 0 unspecified atom stereocenters. The van der Waals surface area contributed by atoms with E-state index in [-0.39, 0.29) is 12.3 Å². The molecule has 4 rings (SSSR count). The van der Waals surface area contributed by atoms with Crippen molar-refractivity contribution in [3.63, 3.8) is 0 Å². The van der Waals surface area contributed by atoms with Crippen LogP contribution in [0.25, 0.3) is 22.1 Å². The van der Waals surface area contributed by atoms with E-state index in [0.29, 0.717) is 18.5 Å². The number of H-pyrrole nitrogens is 1. The summed E-state index contributed by atoms with van der Waals surface area (Å²) in [5.74, 6) is 1.34. The van der Waals surface area contributed by atoms with Crippen LogP contribution in [0, 0.1) is 5.92 Å². The summed E-state index contributed by atoms with van der Waals surface area (Å²) in [5.41, 5.74) is 1.74. The number of aliphatic imine (C=N–C) groups is 1. The molecule has 0 bridgehead atoms. The zero-order chi connectivity index (χ0) is 22.0. The Hall–Kier alpha value is -2.74. The quantitative estimate of drug-likeness (QED) is 0.504. The number of aliphatic hydroxyl groups is 1. The number of nitrogens with zero attached hydrogens (tertiary/aromatic N) is 4. The maximum absolute atomic E-state index is 12.3. The van der Waals surface area contributed by atoms with Gasteiger partial charge in [0.2, 0.25) is 5.91 Å². The minimum Gasteiger partial charge on any atom is -0.390 e. The number of carbonyl (C=O) groups excluding carboxylic acids is 1. The van der Waals surface area contributed by atoms with Crippen molar-refractivity contribution in [2.24, 2.45) is 10.9 Å². The number of pyridine rings is 1. The number of imidazole rings is 1. The highest BCUT2D eigenvalue weighted by atomic mass is 16.3. The number of rotatable bonds is 7. The summed E-state index contributed by atoms with van der Waals surface area (Å²) in [7, 11) is 1.83. The maximum atomic E-state index is 12.3. The zero-order valence-electron chi connectivity index (χ0n) is 18.6. The molecule has 0 spiro atoms. The van der Waals surface area contributed by atoms with Crippen molar-refractivity contribution in [3.8, 4) is 0 Å². The molecule has 31 heavy (non-hydrogen) atoms. The molecule has 3 aromatic heterocycles. The number of hydrogen-bond donors (Lipinski definition) is 3. The molecule has 166 valence electrons. The lowest BCUT2D eigenvalue weighted by Gasteiger charge is -2.30. The summed E-state index contributed by atoms with van der Waals surface area (Å²) in [6.45, 7) is 3.60. The van der Waals surface area contributed by atoms with E-state index < -0.39 is 5.60 Å². The molecule has 0 atom stereocenters. The second kappa shape index (κ2) is 8.78. The van der Waals surface area contributed by atoms with Gasteiger partial charge in [0.1, 0.15) is 17.0 Å². The first-order valence-electron chi connectivity index (χ1n) is 11.1. The Kier molecular flexibility index (Phi) is 6.09. The number of aromatic nitrogens is 4. The van der Waals surface area contributed by atoms with Gasteiger partial charge in [-0.2, -0.15) is 0 Å². The third-order valence-corrected chi connectivity index (χ3v) is 6.15. The van der Waals surface area contributed by atoms with Crippen molar-refractivity contribution in [3.05, 3.63) is 24.3 Å². The van der Waals surface area contributed by atoms with E-state index >= 15 is 0 Å². The molecule has 0 aromatic carbocycles. The van der Waals surface area contributed by atoms with Gasteiger partial charge in [-0.15, -0.1) is 0 Å². The van der Waals surface area contributed by atoms with Gasteiger partial charge < -0.3 is 25.0 Å². The third-order valence-electron chi connectivity index (χ3n) is 6.15. The summed E-state index contributed by atoms with van der Waals surface area (Å²) >= 11 is 0. The molecule has 3 aromatic rings. The van der Waals surface area contributed by atoms with Crippen LogP contribution in [0.2, 0.25) is 0 Å². The van der Waals surface area contributed by atoms with E-state index in [1.807, 2.05) is 25.5 Å². The Morgan fingerprint density at radius 2 is 2.16 bits per heavy atom. The highest BCUT2D eigenvalue weighted by Crippen LogP contribution is 2.37. The molecule has 0 radical (unpaired) electrons. The largest absolute Gasteiger partial charge is 0.390 e. The van der Waals surface area contributed by atoms with Crippen LogP contribution in [0.4, 0.5) is 0 Å². The van der Waals surface area contributed by atoms with Crippen LogP contribution in [-0.2, 0) is 11.3 Å². The van der Waals surface area contributed by atoms with E-state index in [1.54, 1.807) is 20.0 Å². The number of amides is 1. The summed E-state index contributed by atoms with van der Waals surface area (Å²) < 4.78 is 2.32. The fourth-order valence-electron chi connectivity index (χ4n) is 4.68. The van der Waals surface area contributed by atoms with Gasteiger partial charge in [0.25, 0.3) is 0 Å². The van der Waals surface area contributed by atoms with Crippen LogP contribution in [0.5, 0.6) is 0 Å². The number of fused-ring (bicyclic) bond motifs is 3. The highest BCUT2D eigenvalue weighted by Gasteiger charge is 2.27. The zero-order valence-corrected chi connectivity index (χ0v) is 18.6. The number of hydrogen-bond acceptors (Lipinski definition) is 5. The molecule has 1 fully saturated rings. The van der Waals surface area contributed by atoms with Crippen molar-refractivity contribution < 1.29 is 9.90 Å². The fraction of sp³-hybridized carbons (Fsp3) is 0.565. The predicted octanol–water partition coefficient (Wildman–Crippen LogP) is 3.51. The summed E-state index contributed by atoms with van der Waals surface area (Å²) in [5, 5.41) is 13.9. The minimum absolute atomic E-state index is 0.0565. The minimum atomic E-state index is -1.04. The molecule has 1 amide bonds. The Labute approximate surface area is 182 Å². The molecule has 1 aliphatic rings. The Morgan fingerprint density at radius 3 is 2.87 bits per heavy atom. The molecular formula is C23H32N6O2. The fourth-order valence-corrected chi connectivity index (χ4v) is 4.68. The highest BCUT2D eigenvalue weighted by molar-refractivity contribution is 6.01. The maximum Gasteiger partial charge on any atom is 0.223 e. The smallest absolute Gasteiger partial charge is 0.223 e. The van der Waals surface area contributed by atoms with E-state index in [9.17, 15) is 9.90 Å². The van der Waals surface area contributed by atoms with Gasteiger partial charge in [-0.25, -0.2) is 9.97 Å². The molecular weight excluding hydrogens is 392 g/mol. The summed E-state index contributed by atoms with van der Waals surface area (Å²) in [6, 6.07) is 2.38. The first-order chi connectivity index (χ1) is 14.9. The average molecular weight is 425 g/mol. The topological polar surface area (TPSA) is 108 Å². The molecule has 3 N–H and O–H groups in total. The Balaban J connectivity index is 1.64. The second-order valence-corrected chi connectivity index (χ2v) is 9.25. The van der Waals surface area contributed by atoms with Crippen LogP contribution < -0.4 is 5.32 Å². The van der Waals surface area contributed by atoms with Gasteiger partial charge >= 0.3 is 0 Å². The molecule has 0 saturated heterocycles. The molecule has 8 nitrogen and oxygen atoms in total. The van der Waals surface area contributed by atoms with Crippen molar-refractivity contribution in [1.29, 1.82) is 0 Å². The van der Waals surface area contributed by atoms with Crippen LogP contribution in [0.1, 0.15) is 64.2 Å². The molecule has 8 heteroatoms. The normalized spacial score (nSPS) is 20.1. The first-order valence-corrected chi connectivity index (χ1v) is 11.1. The van der Waals surface area contributed by atoms with Crippen LogP contribution in [0.15, 0.2) is 23.5 Å². The molecule has 3 heterocycles. The summed E-state index contributed by atoms with van der Waals surface area (Å²) in [4.78, 5) is 29.0. The standard InChI is InChI=1S/C23H32N6O2/c1-23(2,31)12-20(30)26-14-19-28-18-13-27-22-17(9-11-25-22)21(18)29(19)16-6-4-15(5-7-16)8-10-24-3/h9-11,13,15-16,31H,4-8,12,14H2,1-3H3,(H,25,27)(H,26,30)/b24-10+/t15-,16-. The van der Waals surface area contributed by atoms with E-state index in [1.165, 1.54) is 0 Å². The monoisotopic (exact) mass is 424 g/mol. The third kappa shape index (κ3) is 4.79. The number of aromatic amines is 1. The SMILES string of the molecule is C/N=C/C[C@H]1CC[C@H](n2c(CNC(=O)CC(C)(C)O)nc3cnc4[nH]ccc4c32)CC1. The lowest BCUT2D eigenvalue weighted by atomic mass is 9.84. The van der Waals surface area contributed by atoms with Crippen molar-refractivity contribution in [2.75, 3.05) is 7.05 Å². The Bertz CT molecular complexity index is 1080. The van der Waals surface area contributed by atoms with Crippen LogP contribution in [-0.4, -0.2) is 49.4 Å². The number of nitrogens with one attached hydrogen (secondary N) is 2. The lowest BCUT2D eigenvalue weighted by Crippen LogP contribution is -2.33. The lowest BCUT2D eigenvalue weighted by molar-refractivity contribution is -0.125. The van der Waals surface area contributed by atoms with E-state index in [2.05, 4.69) is 24.8 Å². The van der Waals surface area contributed by atoms with Crippen LogP contribution in [0.3, 0.4) is 0 Å². The van der Waals surface area contributed by atoms with E-state index in [0.717, 1.165) is 60.0 Å². The average Bonchev–Trinajstić information content (AvgIpc) is 3.33. The Morgan fingerprint density at radius 1 is 1.39 bits per heavy atom. The van der Waals surface area contributed by atoms with Gasteiger partial charge in [0, 0.05) is 24.7 Å². The van der Waals surface area contributed by atoms with Crippen molar-refractivity contribution in [2.45, 2.75) is 70.6 Å². The molecule has 0 aliphatic heterocycles. The van der Waals surface area contributed by atoms with Gasteiger partial charge in [0.15, 0.2) is 0 Å². The van der Waals surface area contributed by atoms with Crippen molar-refractivity contribution in [1.82, 2.24) is 24.8 Å². The second-order valence-electron chi connectivity index (χ2n) is 9.25. The van der Waals surface area contributed by atoms with Gasteiger partial charge in [0.05, 0.1) is 30.3 Å². The first kappa shape index (κ1) is 21.5. The summed E-state index contributed by atoms with van der Waals surface area (Å²) in [6.07, 6.45) is 11.3. The number of carbonyl (C=O) groups is 1.